The molecule has 1 aliphatic heterocycles. The van der Waals surface area contributed by atoms with E-state index in [4.69, 9.17) is 4.74 Å². The average molecular weight is 255 g/mol. The van der Waals surface area contributed by atoms with Crippen molar-refractivity contribution in [2.75, 3.05) is 26.8 Å². The fourth-order valence-electron chi connectivity index (χ4n) is 3.53. The monoisotopic (exact) mass is 255 g/mol. The number of hydrogen-bond donors (Lipinski definition) is 1. The molecule has 18 heavy (non-hydrogen) atoms. The van der Waals surface area contributed by atoms with Gasteiger partial charge in [0.1, 0.15) is 0 Å². The molecule has 2 fully saturated rings. The molecule has 1 saturated heterocycles. The molecule has 1 aliphatic carbocycles. The highest BCUT2D eigenvalue weighted by Gasteiger charge is 2.32. The summed E-state index contributed by atoms with van der Waals surface area (Å²) in [6, 6.07) is 0.381. The Balaban J connectivity index is 1.83. The quantitative estimate of drug-likeness (QED) is 0.836. The number of rotatable bonds is 4. The SMILES string of the molecule is CCC1CCC(O)C(N(C)CC2CCOCC2)C1. The van der Waals surface area contributed by atoms with E-state index in [9.17, 15) is 5.11 Å². The van der Waals surface area contributed by atoms with Crippen molar-refractivity contribution >= 4 is 0 Å². The topological polar surface area (TPSA) is 32.7 Å². The summed E-state index contributed by atoms with van der Waals surface area (Å²) in [4.78, 5) is 2.42. The van der Waals surface area contributed by atoms with Gasteiger partial charge < -0.3 is 14.7 Å². The van der Waals surface area contributed by atoms with Crippen LogP contribution >= 0.6 is 0 Å². The minimum Gasteiger partial charge on any atom is -0.391 e. The number of hydrogen-bond acceptors (Lipinski definition) is 3. The average Bonchev–Trinajstić information content (AvgIpc) is 2.40. The molecule has 1 heterocycles. The van der Waals surface area contributed by atoms with Crippen molar-refractivity contribution < 1.29 is 9.84 Å². The van der Waals surface area contributed by atoms with Crippen molar-refractivity contribution in [3.8, 4) is 0 Å². The first-order chi connectivity index (χ1) is 8.70. The number of aliphatic hydroxyl groups excluding tert-OH is 1. The van der Waals surface area contributed by atoms with Crippen LogP contribution in [0.5, 0.6) is 0 Å². The zero-order valence-corrected chi connectivity index (χ0v) is 12.0. The highest BCUT2D eigenvalue weighted by Crippen LogP contribution is 2.30. The molecule has 106 valence electrons. The molecule has 3 atom stereocenters. The van der Waals surface area contributed by atoms with Gasteiger partial charge in [0.05, 0.1) is 6.10 Å². The smallest absolute Gasteiger partial charge is 0.0695 e. The van der Waals surface area contributed by atoms with Crippen LogP contribution in [-0.2, 0) is 4.74 Å². The van der Waals surface area contributed by atoms with Gasteiger partial charge in [-0.25, -0.2) is 0 Å². The summed E-state index contributed by atoms with van der Waals surface area (Å²) in [5, 5.41) is 10.2. The summed E-state index contributed by atoms with van der Waals surface area (Å²) in [6.07, 6.45) is 6.89. The van der Waals surface area contributed by atoms with Crippen molar-refractivity contribution in [3.63, 3.8) is 0 Å². The predicted octanol–water partition coefficient (Wildman–Crippen LogP) is 2.28. The Bertz CT molecular complexity index is 241. The first-order valence-corrected chi connectivity index (χ1v) is 7.66. The Morgan fingerprint density at radius 2 is 1.83 bits per heavy atom. The van der Waals surface area contributed by atoms with Crippen LogP contribution in [0.1, 0.15) is 45.4 Å². The van der Waals surface area contributed by atoms with Gasteiger partial charge in [-0.15, -0.1) is 0 Å². The van der Waals surface area contributed by atoms with Gasteiger partial charge in [0.25, 0.3) is 0 Å². The van der Waals surface area contributed by atoms with Crippen LogP contribution in [0.25, 0.3) is 0 Å². The fraction of sp³-hybridized carbons (Fsp3) is 1.00. The predicted molar refractivity (Wildman–Crippen MR) is 73.6 cm³/mol. The molecule has 0 bridgehead atoms. The molecule has 3 unspecified atom stereocenters. The Hall–Kier alpha value is -0.120. The van der Waals surface area contributed by atoms with E-state index in [1.165, 1.54) is 32.1 Å². The minimum atomic E-state index is -0.113. The Morgan fingerprint density at radius 1 is 1.11 bits per heavy atom. The van der Waals surface area contributed by atoms with Crippen LogP contribution in [0.4, 0.5) is 0 Å². The van der Waals surface area contributed by atoms with E-state index in [1.54, 1.807) is 0 Å². The van der Waals surface area contributed by atoms with Crippen molar-refractivity contribution in [2.45, 2.75) is 57.6 Å². The molecular weight excluding hydrogens is 226 g/mol. The third-order valence-electron chi connectivity index (χ3n) is 4.92. The van der Waals surface area contributed by atoms with E-state index in [-0.39, 0.29) is 6.10 Å². The van der Waals surface area contributed by atoms with Gasteiger partial charge in [-0.1, -0.05) is 13.3 Å². The van der Waals surface area contributed by atoms with Gasteiger partial charge in [0.2, 0.25) is 0 Å². The van der Waals surface area contributed by atoms with E-state index in [0.717, 1.165) is 38.0 Å². The van der Waals surface area contributed by atoms with Crippen LogP contribution in [0, 0.1) is 11.8 Å². The van der Waals surface area contributed by atoms with Gasteiger partial charge in [-0.3, -0.25) is 0 Å². The van der Waals surface area contributed by atoms with Crippen molar-refractivity contribution in [2.24, 2.45) is 11.8 Å². The highest BCUT2D eigenvalue weighted by atomic mass is 16.5. The molecule has 3 nitrogen and oxygen atoms in total. The van der Waals surface area contributed by atoms with Crippen LogP contribution in [-0.4, -0.2) is 49.0 Å². The number of nitrogens with zero attached hydrogens (tertiary/aromatic N) is 1. The largest absolute Gasteiger partial charge is 0.391 e. The fourth-order valence-corrected chi connectivity index (χ4v) is 3.53. The number of likely N-dealkylation sites (N-methyl/N-ethyl adjacent to an activating group) is 1. The van der Waals surface area contributed by atoms with E-state index < -0.39 is 0 Å². The van der Waals surface area contributed by atoms with Gasteiger partial charge in [0, 0.05) is 25.8 Å². The first kappa shape index (κ1) is 14.3. The van der Waals surface area contributed by atoms with E-state index >= 15 is 0 Å². The molecule has 2 aliphatic rings. The second-order valence-corrected chi connectivity index (χ2v) is 6.22. The number of ether oxygens (including phenoxy) is 1. The van der Waals surface area contributed by atoms with E-state index in [1.807, 2.05) is 0 Å². The van der Waals surface area contributed by atoms with E-state index in [2.05, 4.69) is 18.9 Å². The molecule has 0 amide bonds. The van der Waals surface area contributed by atoms with Crippen LogP contribution < -0.4 is 0 Å². The molecule has 3 heteroatoms. The molecule has 0 aromatic heterocycles. The normalized spacial score (nSPS) is 35.0. The van der Waals surface area contributed by atoms with Crippen molar-refractivity contribution in [1.29, 1.82) is 0 Å². The molecule has 0 aromatic rings. The second kappa shape index (κ2) is 6.88. The molecule has 2 rings (SSSR count). The molecule has 1 N–H and O–H groups in total. The summed E-state index contributed by atoms with van der Waals surface area (Å²) < 4.78 is 5.41. The lowest BCUT2D eigenvalue weighted by Gasteiger charge is -2.40. The van der Waals surface area contributed by atoms with Crippen molar-refractivity contribution in [1.82, 2.24) is 4.90 Å². The Labute approximate surface area is 112 Å². The zero-order valence-electron chi connectivity index (χ0n) is 12.0. The molecule has 0 radical (unpaired) electrons. The molecule has 0 aromatic carbocycles. The van der Waals surface area contributed by atoms with Crippen LogP contribution in [0.15, 0.2) is 0 Å². The zero-order chi connectivity index (χ0) is 13.0. The Morgan fingerprint density at radius 3 is 2.50 bits per heavy atom. The lowest BCUT2D eigenvalue weighted by Crippen LogP contribution is -2.47. The van der Waals surface area contributed by atoms with Gasteiger partial charge in [-0.2, -0.15) is 0 Å². The summed E-state index contributed by atoms with van der Waals surface area (Å²) >= 11 is 0. The van der Waals surface area contributed by atoms with Gasteiger partial charge >= 0.3 is 0 Å². The third kappa shape index (κ3) is 3.69. The number of aliphatic hydroxyl groups is 1. The third-order valence-corrected chi connectivity index (χ3v) is 4.92. The van der Waals surface area contributed by atoms with Crippen molar-refractivity contribution in [3.05, 3.63) is 0 Å². The standard InChI is InChI=1S/C15H29NO2/c1-3-12-4-5-15(17)14(10-12)16(2)11-13-6-8-18-9-7-13/h12-15,17H,3-11H2,1-2H3. The van der Waals surface area contributed by atoms with Crippen LogP contribution in [0.3, 0.4) is 0 Å². The minimum absolute atomic E-state index is 0.113. The lowest BCUT2D eigenvalue weighted by molar-refractivity contribution is -0.00488. The van der Waals surface area contributed by atoms with Crippen LogP contribution in [0.2, 0.25) is 0 Å². The summed E-state index contributed by atoms with van der Waals surface area (Å²) in [7, 11) is 2.20. The molecular formula is C15H29NO2. The summed E-state index contributed by atoms with van der Waals surface area (Å²) in [6.45, 7) is 5.24. The van der Waals surface area contributed by atoms with E-state index in [0.29, 0.717) is 6.04 Å². The molecule has 1 saturated carbocycles. The Kier molecular flexibility index (Phi) is 5.46. The lowest BCUT2D eigenvalue weighted by atomic mass is 9.81. The highest BCUT2D eigenvalue weighted by molar-refractivity contribution is 4.86. The van der Waals surface area contributed by atoms with Gasteiger partial charge in [-0.05, 0) is 51.0 Å². The summed E-state index contributed by atoms with van der Waals surface area (Å²) in [5.74, 6) is 1.58. The first-order valence-electron chi connectivity index (χ1n) is 7.66. The maximum Gasteiger partial charge on any atom is 0.0695 e. The molecule has 0 spiro atoms. The van der Waals surface area contributed by atoms with Gasteiger partial charge in [0.15, 0.2) is 0 Å². The second-order valence-electron chi connectivity index (χ2n) is 6.22. The summed E-state index contributed by atoms with van der Waals surface area (Å²) in [5.41, 5.74) is 0. The maximum atomic E-state index is 10.2. The maximum absolute atomic E-state index is 10.2.